The number of aryl methyl sites for hydroxylation is 2. The summed E-state index contributed by atoms with van der Waals surface area (Å²) in [5.74, 6) is 0. The molecule has 0 saturated carbocycles. The minimum Gasteiger partial charge on any atom is -0.357 e. The van der Waals surface area contributed by atoms with Gasteiger partial charge in [-0.1, -0.05) is 31.2 Å². The Morgan fingerprint density at radius 1 is 1.11 bits per heavy atom. The Morgan fingerprint density at radius 2 is 1.83 bits per heavy atom. The number of rotatable bonds is 5. The van der Waals surface area contributed by atoms with Crippen molar-refractivity contribution >= 4 is 0 Å². The first-order valence-corrected chi connectivity index (χ1v) is 6.62. The number of nitrogens with zero attached hydrogens (tertiary/aromatic N) is 1. The van der Waals surface area contributed by atoms with Gasteiger partial charge in [-0.15, -0.1) is 0 Å². The van der Waals surface area contributed by atoms with Crippen LogP contribution in [0, 0.1) is 0 Å². The summed E-state index contributed by atoms with van der Waals surface area (Å²) in [7, 11) is 2.05. The van der Waals surface area contributed by atoms with Gasteiger partial charge in [0.05, 0.1) is 0 Å². The molecule has 1 aromatic heterocycles. The van der Waals surface area contributed by atoms with Gasteiger partial charge in [-0.3, -0.25) is 0 Å². The van der Waals surface area contributed by atoms with Crippen LogP contribution >= 0.6 is 0 Å². The van der Waals surface area contributed by atoms with Crippen LogP contribution in [0.2, 0.25) is 0 Å². The number of hydrogen-bond donors (Lipinski definition) is 1. The molecule has 2 rings (SSSR count). The van der Waals surface area contributed by atoms with Gasteiger partial charge in [-0.25, -0.2) is 0 Å². The van der Waals surface area contributed by atoms with E-state index in [0.29, 0.717) is 6.04 Å². The molecule has 0 aliphatic heterocycles. The van der Waals surface area contributed by atoms with E-state index >= 15 is 0 Å². The van der Waals surface area contributed by atoms with Crippen molar-refractivity contribution in [2.45, 2.75) is 32.9 Å². The van der Waals surface area contributed by atoms with Gasteiger partial charge in [0.2, 0.25) is 0 Å². The fraction of sp³-hybridized carbons (Fsp3) is 0.375. The van der Waals surface area contributed by atoms with E-state index in [1.165, 1.54) is 16.7 Å². The molecule has 1 unspecified atom stereocenters. The summed E-state index contributed by atoms with van der Waals surface area (Å²) in [4.78, 5) is 0. The normalized spacial score (nSPS) is 12.6. The molecule has 96 valence electrons. The van der Waals surface area contributed by atoms with E-state index in [1.54, 1.807) is 0 Å². The van der Waals surface area contributed by atoms with Crippen molar-refractivity contribution in [2.24, 2.45) is 7.05 Å². The van der Waals surface area contributed by atoms with Gasteiger partial charge < -0.3 is 9.88 Å². The van der Waals surface area contributed by atoms with Crippen molar-refractivity contribution in [2.75, 3.05) is 0 Å². The second-order valence-corrected chi connectivity index (χ2v) is 4.88. The predicted molar refractivity (Wildman–Crippen MR) is 76.5 cm³/mol. The lowest BCUT2D eigenvalue weighted by atomic mass is 10.0. The van der Waals surface area contributed by atoms with Gasteiger partial charge in [-0.2, -0.15) is 0 Å². The first-order chi connectivity index (χ1) is 8.69. The highest BCUT2D eigenvalue weighted by Gasteiger charge is 2.04. The molecule has 1 aromatic carbocycles. The van der Waals surface area contributed by atoms with Crippen molar-refractivity contribution < 1.29 is 0 Å². The van der Waals surface area contributed by atoms with Crippen molar-refractivity contribution in [1.29, 1.82) is 0 Å². The molecular formula is C16H22N2. The molecule has 2 aromatic rings. The summed E-state index contributed by atoms with van der Waals surface area (Å²) in [6.45, 7) is 5.31. The molecule has 0 radical (unpaired) electrons. The Morgan fingerprint density at radius 3 is 2.39 bits per heavy atom. The van der Waals surface area contributed by atoms with Crippen LogP contribution in [-0.2, 0) is 20.0 Å². The quantitative estimate of drug-likeness (QED) is 0.850. The molecule has 2 heteroatoms. The first kappa shape index (κ1) is 12.9. The second kappa shape index (κ2) is 5.87. The standard InChI is InChI=1S/C16H22N2/c1-4-14-5-7-16(8-6-14)13(2)17-11-15-9-10-18(3)12-15/h5-10,12-13,17H,4,11H2,1-3H3. The fourth-order valence-electron chi connectivity index (χ4n) is 2.10. The van der Waals surface area contributed by atoms with E-state index < -0.39 is 0 Å². The van der Waals surface area contributed by atoms with E-state index in [9.17, 15) is 0 Å². The Labute approximate surface area is 110 Å². The highest BCUT2D eigenvalue weighted by atomic mass is 14.9. The average molecular weight is 242 g/mol. The zero-order chi connectivity index (χ0) is 13.0. The van der Waals surface area contributed by atoms with Crippen LogP contribution in [0.3, 0.4) is 0 Å². The third-order valence-electron chi connectivity index (χ3n) is 3.39. The summed E-state index contributed by atoms with van der Waals surface area (Å²) in [6, 6.07) is 11.4. The average Bonchev–Trinajstić information content (AvgIpc) is 2.82. The number of benzene rings is 1. The lowest BCUT2D eigenvalue weighted by Gasteiger charge is -2.14. The second-order valence-electron chi connectivity index (χ2n) is 4.88. The maximum atomic E-state index is 3.55. The Kier molecular flexibility index (Phi) is 4.21. The smallest absolute Gasteiger partial charge is 0.0294 e. The molecule has 2 nitrogen and oxygen atoms in total. The van der Waals surface area contributed by atoms with Gasteiger partial charge in [0.25, 0.3) is 0 Å². The number of hydrogen-bond acceptors (Lipinski definition) is 1. The monoisotopic (exact) mass is 242 g/mol. The van der Waals surface area contributed by atoms with Crippen LogP contribution in [0.15, 0.2) is 42.7 Å². The summed E-state index contributed by atoms with van der Waals surface area (Å²) in [5.41, 5.74) is 4.08. The van der Waals surface area contributed by atoms with Crippen LogP contribution in [0.5, 0.6) is 0 Å². The van der Waals surface area contributed by atoms with Crippen LogP contribution in [0.25, 0.3) is 0 Å². The zero-order valence-electron chi connectivity index (χ0n) is 11.5. The SMILES string of the molecule is CCc1ccc(C(C)NCc2ccn(C)c2)cc1. The summed E-state index contributed by atoms with van der Waals surface area (Å²) < 4.78 is 2.08. The molecule has 1 N–H and O–H groups in total. The van der Waals surface area contributed by atoms with E-state index in [0.717, 1.165) is 13.0 Å². The molecule has 0 aliphatic rings. The molecule has 0 saturated heterocycles. The summed E-state index contributed by atoms with van der Waals surface area (Å²) in [5, 5.41) is 3.55. The summed E-state index contributed by atoms with van der Waals surface area (Å²) >= 11 is 0. The van der Waals surface area contributed by atoms with E-state index in [1.807, 2.05) is 0 Å². The molecule has 0 bridgehead atoms. The highest BCUT2D eigenvalue weighted by Crippen LogP contribution is 2.14. The van der Waals surface area contributed by atoms with Crippen molar-refractivity contribution in [3.63, 3.8) is 0 Å². The number of aromatic nitrogens is 1. The van der Waals surface area contributed by atoms with Crippen molar-refractivity contribution in [1.82, 2.24) is 9.88 Å². The Hall–Kier alpha value is -1.54. The predicted octanol–water partition coefficient (Wildman–Crippen LogP) is 3.44. The molecule has 0 fully saturated rings. The van der Waals surface area contributed by atoms with Crippen LogP contribution in [0.1, 0.15) is 36.6 Å². The molecule has 1 atom stereocenters. The molecular weight excluding hydrogens is 220 g/mol. The molecule has 18 heavy (non-hydrogen) atoms. The van der Waals surface area contributed by atoms with Gasteiger partial charge in [0, 0.05) is 32.0 Å². The maximum absolute atomic E-state index is 3.55. The summed E-state index contributed by atoms with van der Waals surface area (Å²) in [6.07, 6.45) is 5.34. The third-order valence-corrected chi connectivity index (χ3v) is 3.39. The maximum Gasteiger partial charge on any atom is 0.0294 e. The molecule has 0 spiro atoms. The fourth-order valence-corrected chi connectivity index (χ4v) is 2.10. The van der Waals surface area contributed by atoms with Crippen LogP contribution in [-0.4, -0.2) is 4.57 Å². The zero-order valence-corrected chi connectivity index (χ0v) is 11.5. The van der Waals surface area contributed by atoms with Gasteiger partial charge in [0.15, 0.2) is 0 Å². The van der Waals surface area contributed by atoms with E-state index in [4.69, 9.17) is 0 Å². The largest absolute Gasteiger partial charge is 0.357 e. The van der Waals surface area contributed by atoms with Crippen molar-refractivity contribution in [3.05, 3.63) is 59.4 Å². The lowest BCUT2D eigenvalue weighted by molar-refractivity contribution is 0.574. The van der Waals surface area contributed by atoms with Gasteiger partial charge in [0.1, 0.15) is 0 Å². The third kappa shape index (κ3) is 3.23. The highest BCUT2D eigenvalue weighted by molar-refractivity contribution is 5.24. The van der Waals surface area contributed by atoms with Crippen molar-refractivity contribution in [3.8, 4) is 0 Å². The van der Waals surface area contributed by atoms with E-state index in [-0.39, 0.29) is 0 Å². The van der Waals surface area contributed by atoms with Crippen LogP contribution in [0.4, 0.5) is 0 Å². The van der Waals surface area contributed by atoms with Gasteiger partial charge in [-0.05, 0) is 36.1 Å². The molecule has 0 aliphatic carbocycles. The Bertz CT molecular complexity index is 482. The minimum atomic E-state index is 0.385. The molecule has 1 heterocycles. The molecule has 0 amide bonds. The van der Waals surface area contributed by atoms with E-state index in [2.05, 4.69) is 73.5 Å². The van der Waals surface area contributed by atoms with Crippen LogP contribution < -0.4 is 5.32 Å². The topological polar surface area (TPSA) is 17.0 Å². The minimum absolute atomic E-state index is 0.385. The Balaban J connectivity index is 1.92. The lowest BCUT2D eigenvalue weighted by Crippen LogP contribution is -2.17. The first-order valence-electron chi connectivity index (χ1n) is 6.62. The van der Waals surface area contributed by atoms with Gasteiger partial charge >= 0.3 is 0 Å². The number of nitrogens with one attached hydrogen (secondary N) is 1.